The summed E-state index contributed by atoms with van der Waals surface area (Å²) in [6.07, 6.45) is 0. The van der Waals surface area contributed by atoms with E-state index in [0.29, 0.717) is 13.1 Å². The Labute approximate surface area is 115 Å². The molecule has 0 radical (unpaired) electrons. The second-order valence-electron chi connectivity index (χ2n) is 6.20. The van der Waals surface area contributed by atoms with Gasteiger partial charge in [0.2, 0.25) is 0 Å². The van der Waals surface area contributed by atoms with Crippen LogP contribution < -0.4 is 15.0 Å². The van der Waals surface area contributed by atoms with Gasteiger partial charge in [-0.25, -0.2) is 0 Å². The molecule has 0 spiro atoms. The van der Waals surface area contributed by atoms with Crippen molar-refractivity contribution >= 4 is 5.69 Å². The summed E-state index contributed by atoms with van der Waals surface area (Å²) in [6.45, 7) is 8.27. The highest BCUT2D eigenvalue weighted by Crippen LogP contribution is 2.30. The molecule has 1 saturated heterocycles. The number of nitrogens with one attached hydrogen (secondary N) is 1. The van der Waals surface area contributed by atoms with Crippen LogP contribution >= 0.6 is 0 Å². The molecule has 1 unspecified atom stereocenters. The predicted molar refractivity (Wildman–Crippen MR) is 77.9 cm³/mol. The Balaban J connectivity index is 2.36. The molecule has 1 aromatic carbocycles. The number of hydrogen-bond donors (Lipinski definition) is 2. The molecular formula is C15H24N2O2. The Morgan fingerprint density at radius 3 is 2.68 bits per heavy atom. The van der Waals surface area contributed by atoms with Crippen LogP contribution in [0.15, 0.2) is 24.3 Å². The van der Waals surface area contributed by atoms with Crippen LogP contribution in [0.3, 0.4) is 0 Å². The number of nitrogens with zero attached hydrogens (tertiary/aromatic N) is 1. The maximum absolute atomic E-state index is 10.4. The van der Waals surface area contributed by atoms with Crippen molar-refractivity contribution in [1.82, 2.24) is 5.32 Å². The summed E-state index contributed by atoms with van der Waals surface area (Å²) >= 11 is 0. The molecule has 1 aromatic rings. The first-order valence-corrected chi connectivity index (χ1v) is 6.69. The average molecular weight is 264 g/mol. The molecule has 1 fully saturated rings. The summed E-state index contributed by atoms with van der Waals surface area (Å²) in [5.74, 6) is 0.838. The van der Waals surface area contributed by atoms with Gasteiger partial charge in [0.1, 0.15) is 5.75 Å². The van der Waals surface area contributed by atoms with Crippen molar-refractivity contribution in [1.29, 1.82) is 0 Å². The van der Waals surface area contributed by atoms with Crippen LogP contribution in [0.1, 0.15) is 20.8 Å². The summed E-state index contributed by atoms with van der Waals surface area (Å²) in [4.78, 5) is 2.25. The van der Waals surface area contributed by atoms with E-state index in [1.54, 1.807) is 7.11 Å². The molecule has 4 heteroatoms. The molecule has 19 heavy (non-hydrogen) atoms. The lowest BCUT2D eigenvalue weighted by Crippen LogP contribution is -2.51. The van der Waals surface area contributed by atoms with Crippen LogP contribution in [0.2, 0.25) is 0 Å². The summed E-state index contributed by atoms with van der Waals surface area (Å²) in [5.41, 5.74) is 0.275. The minimum atomic E-state index is -0.739. The molecular weight excluding hydrogens is 240 g/mol. The van der Waals surface area contributed by atoms with Gasteiger partial charge in [-0.15, -0.1) is 0 Å². The molecule has 2 N–H and O–H groups in total. The first-order valence-electron chi connectivity index (χ1n) is 6.69. The van der Waals surface area contributed by atoms with E-state index in [-0.39, 0.29) is 5.54 Å². The van der Waals surface area contributed by atoms with Crippen LogP contribution in [0.25, 0.3) is 0 Å². The Kier molecular flexibility index (Phi) is 3.74. The second-order valence-corrected chi connectivity index (χ2v) is 6.20. The molecule has 1 atom stereocenters. The van der Waals surface area contributed by atoms with Crippen molar-refractivity contribution < 1.29 is 9.84 Å². The fourth-order valence-corrected chi connectivity index (χ4v) is 2.56. The maximum Gasteiger partial charge on any atom is 0.120 e. The number of ether oxygens (including phenoxy) is 1. The molecule has 1 aliphatic rings. The van der Waals surface area contributed by atoms with E-state index in [1.165, 1.54) is 0 Å². The van der Waals surface area contributed by atoms with Gasteiger partial charge in [0.05, 0.1) is 12.7 Å². The minimum absolute atomic E-state index is 0.0626. The highest BCUT2D eigenvalue weighted by atomic mass is 16.5. The van der Waals surface area contributed by atoms with Crippen LogP contribution in [-0.4, -0.2) is 43.0 Å². The largest absolute Gasteiger partial charge is 0.497 e. The molecule has 0 aliphatic carbocycles. The van der Waals surface area contributed by atoms with E-state index in [2.05, 4.69) is 30.1 Å². The Morgan fingerprint density at radius 2 is 2.00 bits per heavy atom. The van der Waals surface area contributed by atoms with E-state index < -0.39 is 5.60 Å². The lowest BCUT2D eigenvalue weighted by molar-refractivity contribution is 0.0720. The van der Waals surface area contributed by atoms with Gasteiger partial charge in [-0.05, 0) is 32.9 Å². The first kappa shape index (κ1) is 14.2. The monoisotopic (exact) mass is 264 g/mol. The van der Waals surface area contributed by atoms with Crippen LogP contribution in [0, 0.1) is 0 Å². The van der Waals surface area contributed by atoms with Gasteiger partial charge in [-0.2, -0.15) is 0 Å². The standard InChI is InChI=1S/C15H24N2O2/c1-14(2)9-16-10-15(3,18)11-17(14)12-6-5-7-13(8-12)19-4/h5-8,16,18H,9-11H2,1-4H3. The van der Waals surface area contributed by atoms with Crippen LogP contribution in [-0.2, 0) is 0 Å². The third-order valence-electron chi connectivity index (χ3n) is 3.66. The average Bonchev–Trinajstić information content (AvgIpc) is 2.45. The summed E-state index contributed by atoms with van der Waals surface area (Å²) in [6, 6.07) is 8.00. The number of hydrogen-bond acceptors (Lipinski definition) is 4. The molecule has 106 valence electrons. The Morgan fingerprint density at radius 1 is 1.26 bits per heavy atom. The smallest absolute Gasteiger partial charge is 0.120 e. The van der Waals surface area contributed by atoms with Gasteiger partial charge in [-0.3, -0.25) is 0 Å². The molecule has 0 saturated carbocycles. The van der Waals surface area contributed by atoms with Crippen LogP contribution in [0.4, 0.5) is 5.69 Å². The van der Waals surface area contributed by atoms with Crippen molar-refractivity contribution in [3.63, 3.8) is 0 Å². The number of aliphatic hydroxyl groups is 1. The summed E-state index contributed by atoms with van der Waals surface area (Å²) in [7, 11) is 1.67. The minimum Gasteiger partial charge on any atom is -0.497 e. The highest BCUT2D eigenvalue weighted by Gasteiger charge is 2.36. The molecule has 0 bridgehead atoms. The van der Waals surface area contributed by atoms with Crippen molar-refractivity contribution in [2.75, 3.05) is 31.6 Å². The lowest BCUT2D eigenvalue weighted by Gasteiger charge is -2.41. The van der Waals surface area contributed by atoms with Crippen LogP contribution in [0.5, 0.6) is 5.75 Å². The molecule has 4 nitrogen and oxygen atoms in total. The van der Waals surface area contributed by atoms with Gasteiger partial charge in [0.15, 0.2) is 0 Å². The fraction of sp³-hybridized carbons (Fsp3) is 0.600. The quantitative estimate of drug-likeness (QED) is 0.852. The van der Waals surface area contributed by atoms with E-state index in [9.17, 15) is 5.11 Å². The maximum atomic E-state index is 10.4. The van der Waals surface area contributed by atoms with E-state index in [1.807, 2.05) is 25.1 Å². The second kappa shape index (κ2) is 5.02. The first-order chi connectivity index (χ1) is 8.84. The lowest BCUT2D eigenvalue weighted by atomic mass is 10.00. The van der Waals surface area contributed by atoms with Gasteiger partial charge >= 0.3 is 0 Å². The van der Waals surface area contributed by atoms with Gasteiger partial charge in [0, 0.05) is 36.9 Å². The zero-order valence-electron chi connectivity index (χ0n) is 12.2. The number of benzene rings is 1. The molecule has 2 rings (SSSR count). The molecule has 0 amide bonds. The third-order valence-corrected chi connectivity index (χ3v) is 3.66. The molecule has 1 aliphatic heterocycles. The van der Waals surface area contributed by atoms with Gasteiger partial charge in [0.25, 0.3) is 0 Å². The van der Waals surface area contributed by atoms with Crippen molar-refractivity contribution in [2.45, 2.75) is 31.9 Å². The van der Waals surface area contributed by atoms with Gasteiger partial charge in [-0.1, -0.05) is 6.07 Å². The summed E-state index contributed by atoms with van der Waals surface area (Å²) < 4.78 is 5.29. The molecule has 1 heterocycles. The number of anilines is 1. The topological polar surface area (TPSA) is 44.7 Å². The Hall–Kier alpha value is -1.26. The van der Waals surface area contributed by atoms with Gasteiger partial charge < -0.3 is 20.1 Å². The Bertz CT molecular complexity index is 444. The van der Waals surface area contributed by atoms with E-state index in [0.717, 1.165) is 18.0 Å². The number of methoxy groups -OCH3 is 1. The third kappa shape index (κ3) is 3.19. The van der Waals surface area contributed by atoms with E-state index >= 15 is 0 Å². The number of rotatable bonds is 2. The zero-order valence-corrected chi connectivity index (χ0v) is 12.2. The fourth-order valence-electron chi connectivity index (χ4n) is 2.56. The van der Waals surface area contributed by atoms with E-state index in [4.69, 9.17) is 4.74 Å². The highest BCUT2D eigenvalue weighted by molar-refractivity contribution is 5.53. The normalized spacial score (nSPS) is 26.9. The zero-order chi connectivity index (χ0) is 14.1. The van der Waals surface area contributed by atoms with Crippen molar-refractivity contribution in [3.05, 3.63) is 24.3 Å². The van der Waals surface area contributed by atoms with Crippen molar-refractivity contribution in [2.24, 2.45) is 0 Å². The molecule has 0 aromatic heterocycles. The SMILES string of the molecule is COc1cccc(N2CC(C)(O)CNCC2(C)C)c1. The van der Waals surface area contributed by atoms with Crippen molar-refractivity contribution in [3.8, 4) is 5.75 Å². The summed E-state index contributed by atoms with van der Waals surface area (Å²) in [5, 5.41) is 13.7. The number of β-amino-alcohol motifs (C(OH)–C–C–N with tert-alkyl or cyclic N) is 1. The predicted octanol–water partition coefficient (Wildman–Crippen LogP) is 1.63.